The molecule has 1 fully saturated rings. The van der Waals surface area contributed by atoms with Crippen molar-refractivity contribution in [3.8, 4) is 5.75 Å². The lowest BCUT2D eigenvalue weighted by Crippen LogP contribution is -2.47. The summed E-state index contributed by atoms with van der Waals surface area (Å²) in [6.45, 7) is 4.33. The smallest absolute Gasteiger partial charge is 0.353 e. The number of aromatic nitrogens is 3. The Bertz CT molecular complexity index is 1030. The zero-order valence-corrected chi connectivity index (χ0v) is 16.6. The number of nitro groups is 1. The van der Waals surface area contributed by atoms with E-state index in [9.17, 15) is 10.1 Å². The fraction of sp³-hybridized carbons (Fsp3) is 0.316. The van der Waals surface area contributed by atoms with Crippen molar-refractivity contribution in [3.05, 3.63) is 52.5 Å². The molecule has 0 spiro atoms. The lowest BCUT2D eigenvalue weighted by molar-refractivity contribution is -0.383. The van der Waals surface area contributed by atoms with Crippen LogP contribution in [0.3, 0.4) is 0 Å². The van der Waals surface area contributed by atoms with Crippen molar-refractivity contribution < 1.29 is 14.2 Å². The Morgan fingerprint density at radius 2 is 1.83 bits per heavy atom. The molecule has 11 heteroatoms. The van der Waals surface area contributed by atoms with Crippen LogP contribution in [-0.2, 0) is 0 Å². The maximum Gasteiger partial charge on any atom is 0.353 e. The zero-order chi connectivity index (χ0) is 21.1. The summed E-state index contributed by atoms with van der Waals surface area (Å²) in [5.41, 5.74) is 0.896. The second kappa shape index (κ2) is 8.23. The summed E-state index contributed by atoms with van der Waals surface area (Å²) in [6.07, 6.45) is 1.31. The molecule has 0 amide bonds. The molecule has 0 radical (unpaired) electrons. The molecule has 3 heterocycles. The van der Waals surface area contributed by atoms with Crippen LogP contribution in [0.2, 0.25) is 0 Å². The summed E-state index contributed by atoms with van der Waals surface area (Å²) in [4.78, 5) is 23.7. The van der Waals surface area contributed by atoms with E-state index in [1.165, 1.54) is 6.33 Å². The average Bonchev–Trinajstić information content (AvgIpc) is 3.18. The fourth-order valence-corrected chi connectivity index (χ4v) is 3.38. The summed E-state index contributed by atoms with van der Waals surface area (Å²) < 4.78 is 10.2. The largest absolute Gasteiger partial charge is 0.497 e. The summed E-state index contributed by atoms with van der Waals surface area (Å²) >= 11 is 0. The number of rotatable bonds is 6. The van der Waals surface area contributed by atoms with Gasteiger partial charge in [0.1, 0.15) is 17.8 Å². The van der Waals surface area contributed by atoms with E-state index < -0.39 is 4.92 Å². The van der Waals surface area contributed by atoms with Crippen molar-refractivity contribution in [2.75, 3.05) is 48.4 Å². The van der Waals surface area contributed by atoms with Crippen LogP contribution in [0.1, 0.15) is 5.76 Å². The van der Waals surface area contributed by atoms with Gasteiger partial charge < -0.3 is 24.4 Å². The van der Waals surface area contributed by atoms with Crippen molar-refractivity contribution in [2.45, 2.75) is 6.92 Å². The van der Waals surface area contributed by atoms with E-state index in [1.807, 2.05) is 29.2 Å². The van der Waals surface area contributed by atoms with Gasteiger partial charge in [-0.05, 0) is 31.2 Å². The van der Waals surface area contributed by atoms with Crippen molar-refractivity contribution in [3.63, 3.8) is 0 Å². The number of benzene rings is 1. The molecule has 3 aromatic rings. The van der Waals surface area contributed by atoms with E-state index in [0.717, 1.165) is 11.4 Å². The third kappa shape index (κ3) is 3.95. The number of aryl methyl sites for hydroxylation is 1. The molecule has 0 aliphatic carbocycles. The van der Waals surface area contributed by atoms with E-state index in [2.05, 4.69) is 25.3 Å². The fourth-order valence-electron chi connectivity index (χ4n) is 3.38. The first-order chi connectivity index (χ1) is 14.5. The molecule has 1 saturated heterocycles. The van der Waals surface area contributed by atoms with Crippen molar-refractivity contribution in [1.29, 1.82) is 0 Å². The number of anilines is 4. The van der Waals surface area contributed by atoms with Crippen molar-refractivity contribution in [1.82, 2.24) is 15.1 Å². The van der Waals surface area contributed by atoms with Crippen LogP contribution in [-0.4, -0.2) is 53.3 Å². The minimum absolute atomic E-state index is 0.0795. The van der Waals surface area contributed by atoms with Gasteiger partial charge in [0, 0.05) is 37.9 Å². The molecule has 0 unspecified atom stereocenters. The molecule has 1 aliphatic heterocycles. The van der Waals surface area contributed by atoms with Gasteiger partial charge in [-0.1, -0.05) is 5.16 Å². The maximum atomic E-state index is 11.8. The Hall–Kier alpha value is -3.89. The molecule has 4 rings (SSSR count). The molecule has 30 heavy (non-hydrogen) atoms. The summed E-state index contributed by atoms with van der Waals surface area (Å²) in [5, 5.41) is 18.5. The van der Waals surface area contributed by atoms with E-state index in [0.29, 0.717) is 37.8 Å². The second-order valence-electron chi connectivity index (χ2n) is 6.77. The minimum atomic E-state index is -0.472. The molecule has 0 saturated carbocycles. The van der Waals surface area contributed by atoms with Gasteiger partial charge in [-0.3, -0.25) is 10.1 Å². The van der Waals surface area contributed by atoms with Crippen LogP contribution in [0.5, 0.6) is 5.75 Å². The van der Waals surface area contributed by atoms with Gasteiger partial charge in [-0.25, -0.2) is 9.97 Å². The van der Waals surface area contributed by atoms with Crippen LogP contribution in [0.15, 0.2) is 41.2 Å². The third-order valence-corrected chi connectivity index (χ3v) is 4.88. The standard InChI is InChI=1S/C19H21N7O4/c1-13-11-16(23-30-13)22-18-17(26(27)28)19(21-12-20-18)25-9-7-24(8-10-25)14-3-5-15(29-2)6-4-14/h3-6,11-12H,7-10H2,1-2H3,(H,20,21,22,23). The Morgan fingerprint density at radius 1 is 1.13 bits per heavy atom. The van der Waals surface area contributed by atoms with Gasteiger partial charge in [0.15, 0.2) is 5.82 Å². The van der Waals surface area contributed by atoms with Gasteiger partial charge in [-0.2, -0.15) is 0 Å². The van der Waals surface area contributed by atoms with Crippen LogP contribution in [0.25, 0.3) is 0 Å². The zero-order valence-electron chi connectivity index (χ0n) is 16.6. The molecule has 0 bridgehead atoms. The number of piperazine rings is 1. The number of hydrogen-bond donors (Lipinski definition) is 1. The summed E-state index contributed by atoms with van der Waals surface area (Å²) in [5.74, 6) is 2.10. The molecule has 11 nitrogen and oxygen atoms in total. The van der Waals surface area contributed by atoms with Gasteiger partial charge in [0.05, 0.1) is 12.0 Å². The number of ether oxygens (including phenoxy) is 1. The SMILES string of the molecule is COc1ccc(N2CCN(c3ncnc(Nc4cc(C)on4)c3[N+](=O)[O-])CC2)cc1. The Balaban J connectivity index is 1.52. The molecular formula is C19H21N7O4. The first kappa shape index (κ1) is 19.4. The molecule has 1 N–H and O–H groups in total. The molecule has 1 aromatic carbocycles. The number of nitrogens with zero attached hydrogens (tertiary/aromatic N) is 6. The van der Waals surface area contributed by atoms with E-state index in [-0.39, 0.29) is 17.3 Å². The highest BCUT2D eigenvalue weighted by Crippen LogP contribution is 2.34. The van der Waals surface area contributed by atoms with Crippen LogP contribution in [0, 0.1) is 17.0 Å². The highest BCUT2D eigenvalue weighted by Gasteiger charge is 2.29. The molecular weight excluding hydrogens is 390 g/mol. The number of methoxy groups -OCH3 is 1. The monoisotopic (exact) mass is 411 g/mol. The molecule has 1 aliphatic rings. The summed E-state index contributed by atoms with van der Waals surface area (Å²) in [7, 11) is 1.63. The number of nitrogens with one attached hydrogen (secondary N) is 1. The predicted molar refractivity (Wildman–Crippen MR) is 111 cm³/mol. The molecule has 156 valence electrons. The Labute approximate surface area is 172 Å². The van der Waals surface area contributed by atoms with Gasteiger partial charge in [0.2, 0.25) is 11.6 Å². The minimum Gasteiger partial charge on any atom is -0.497 e. The highest BCUT2D eigenvalue weighted by atomic mass is 16.6. The lowest BCUT2D eigenvalue weighted by atomic mass is 10.2. The van der Waals surface area contributed by atoms with Crippen molar-refractivity contribution >= 4 is 28.8 Å². The maximum absolute atomic E-state index is 11.8. The lowest BCUT2D eigenvalue weighted by Gasteiger charge is -2.36. The quantitative estimate of drug-likeness (QED) is 0.478. The average molecular weight is 411 g/mol. The molecule has 0 atom stereocenters. The topological polar surface area (TPSA) is 123 Å². The van der Waals surface area contributed by atoms with Crippen LogP contribution in [0.4, 0.5) is 28.8 Å². The normalized spacial score (nSPS) is 13.9. The van der Waals surface area contributed by atoms with Gasteiger partial charge in [-0.15, -0.1) is 0 Å². The summed E-state index contributed by atoms with van der Waals surface area (Å²) in [6, 6.07) is 9.48. The van der Waals surface area contributed by atoms with E-state index in [1.54, 1.807) is 20.1 Å². The van der Waals surface area contributed by atoms with Crippen LogP contribution < -0.4 is 19.9 Å². The van der Waals surface area contributed by atoms with Gasteiger partial charge >= 0.3 is 5.69 Å². The van der Waals surface area contributed by atoms with Gasteiger partial charge in [0.25, 0.3) is 0 Å². The van der Waals surface area contributed by atoms with E-state index in [4.69, 9.17) is 9.26 Å². The first-order valence-corrected chi connectivity index (χ1v) is 9.39. The Kier molecular flexibility index (Phi) is 5.33. The highest BCUT2D eigenvalue weighted by molar-refractivity contribution is 5.73. The van der Waals surface area contributed by atoms with Crippen LogP contribution >= 0.6 is 0 Å². The third-order valence-electron chi connectivity index (χ3n) is 4.88. The Morgan fingerprint density at radius 3 is 2.43 bits per heavy atom. The molecule has 2 aromatic heterocycles. The predicted octanol–water partition coefficient (Wildman–Crippen LogP) is 2.76. The second-order valence-corrected chi connectivity index (χ2v) is 6.77. The van der Waals surface area contributed by atoms with Crippen molar-refractivity contribution in [2.24, 2.45) is 0 Å². The number of hydrogen-bond acceptors (Lipinski definition) is 10. The first-order valence-electron chi connectivity index (χ1n) is 9.39. The van der Waals surface area contributed by atoms with E-state index >= 15 is 0 Å².